The molecule has 2 unspecified atom stereocenters. The van der Waals surface area contributed by atoms with E-state index in [0.717, 1.165) is 16.4 Å². The van der Waals surface area contributed by atoms with Crippen molar-refractivity contribution in [3.8, 4) is 11.5 Å². The maximum atomic E-state index is 10.1. The Hall–Kier alpha value is -1.02. The van der Waals surface area contributed by atoms with E-state index in [4.69, 9.17) is 13.8 Å². The van der Waals surface area contributed by atoms with Gasteiger partial charge < -0.3 is 18.7 Å². The molecule has 0 saturated heterocycles. The van der Waals surface area contributed by atoms with E-state index < -0.39 is 8.38 Å². The van der Waals surface area contributed by atoms with Gasteiger partial charge in [-0.05, 0) is 58.0 Å². The van der Waals surface area contributed by atoms with Gasteiger partial charge in [-0.15, -0.1) is 0 Å². The molecule has 0 spiro atoms. The summed E-state index contributed by atoms with van der Waals surface area (Å²) in [4.78, 5) is 10.1. The number of rotatable bonds is 8. The number of benzene rings is 2. The molecular weight excluding hydrogens is 342 g/mol. The Labute approximate surface area is 146 Å². The molecule has 0 aliphatic heterocycles. The zero-order chi connectivity index (χ0) is 17.5. The monoisotopic (exact) mass is 366 g/mol. The summed E-state index contributed by atoms with van der Waals surface area (Å²) in [5.74, 6) is 1.42. The van der Waals surface area contributed by atoms with Crippen molar-refractivity contribution in [1.82, 2.24) is 0 Å². The summed E-state index contributed by atoms with van der Waals surface area (Å²) in [7, 11) is -1.33. The Morgan fingerprint density at radius 2 is 1.58 bits per heavy atom. The van der Waals surface area contributed by atoms with Gasteiger partial charge in [-0.25, -0.2) is 0 Å². The van der Waals surface area contributed by atoms with Crippen LogP contribution >= 0.6 is 17.2 Å². The summed E-state index contributed by atoms with van der Waals surface area (Å²) in [6.45, 7) is 7.84. The quantitative estimate of drug-likeness (QED) is 0.700. The van der Waals surface area contributed by atoms with Gasteiger partial charge in [0.1, 0.15) is 11.5 Å². The molecule has 6 heteroatoms. The third kappa shape index (κ3) is 6.47. The van der Waals surface area contributed by atoms with E-state index >= 15 is 0 Å². The van der Waals surface area contributed by atoms with Crippen LogP contribution in [0.15, 0.2) is 48.5 Å². The van der Waals surface area contributed by atoms with Gasteiger partial charge in [0.2, 0.25) is 8.38 Å². The average Bonchev–Trinajstić information content (AvgIpc) is 2.53. The molecule has 0 heterocycles. The maximum Gasteiger partial charge on any atom is 0.202 e. The van der Waals surface area contributed by atoms with E-state index in [1.54, 1.807) is 0 Å². The van der Waals surface area contributed by atoms with Crippen molar-refractivity contribution < 1.29 is 18.7 Å². The van der Waals surface area contributed by atoms with E-state index in [-0.39, 0.29) is 12.2 Å². The minimum Gasteiger partial charge on any atom is -0.457 e. The standard InChI is InChI=1S/C18H24O4P2/c1-13(2)21-23-17-9-5-7-15(11-17)20-16-8-6-10-18(12-16)24(19)22-14(3)4/h5-14,19,23H,1-4H3. The fourth-order valence-corrected chi connectivity index (χ4v) is 3.58. The minimum absolute atomic E-state index is 0.0238. The Morgan fingerprint density at radius 3 is 2.25 bits per heavy atom. The minimum atomic E-state index is -1.62. The molecule has 0 saturated carbocycles. The van der Waals surface area contributed by atoms with Crippen LogP contribution in [0.25, 0.3) is 0 Å². The molecule has 0 aliphatic rings. The normalized spacial score (nSPS) is 13.1. The van der Waals surface area contributed by atoms with E-state index in [9.17, 15) is 4.89 Å². The number of ether oxygens (including phenoxy) is 1. The molecule has 24 heavy (non-hydrogen) atoms. The molecule has 0 bridgehead atoms. The molecule has 130 valence electrons. The fraction of sp³-hybridized carbons (Fsp3) is 0.333. The Balaban J connectivity index is 2.07. The molecule has 0 fully saturated rings. The highest BCUT2D eigenvalue weighted by Gasteiger charge is 2.12. The van der Waals surface area contributed by atoms with Crippen molar-refractivity contribution in [2.75, 3.05) is 0 Å². The van der Waals surface area contributed by atoms with Gasteiger partial charge in [-0.1, -0.05) is 18.2 Å². The summed E-state index contributed by atoms with van der Waals surface area (Å²) in [5.41, 5.74) is 0. The predicted molar refractivity (Wildman–Crippen MR) is 102 cm³/mol. The summed E-state index contributed by atoms with van der Waals surface area (Å²) in [6, 6.07) is 15.2. The summed E-state index contributed by atoms with van der Waals surface area (Å²) < 4.78 is 17.0. The first kappa shape index (κ1) is 19.3. The van der Waals surface area contributed by atoms with E-state index in [0.29, 0.717) is 14.6 Å². The van der Waals surface area contributed by atoms with Crippen molar-refractivity contribution in [2.45, 2.75) is 39.9 Å². The average molecular weight is 366 g/mol. The van der Waals surface area contributed by atoms with E-state index in [2.05, 4.69) is 0 Å². The van der Waals surface area contributed by atoms with Gasteiger partial charge in [0, 0.05) is 19.4 Å². The molecule has 4 nitrogen and oxygen atoms in total. The van der Waals surface area contributed by atoms with Gasteiger partial charge in [0.05, 0.1) is 12.2 Å². The van der Waals surface area contributed by atoms with Gasteiger partial charge in [-0.2, -0.15) is 0 Å². The topological polar surface area (TPSA) is 47.9 Å². The van der Waals surface area contributed by atoms with Crippen LogP contribution in [0.5, 0.6) is 11.5 Å². The molecule has 0 aromatic heterocycles. The highest BCUT2D eigenvalue weighted by molar-refractivity contribution is 7.55. The lowest BCUT2D eigenvalue weighted by Gasteiger charge is -2.15. The van der Waals surface area contributed by atoms with Crippen molar-refractivity contribution in [1.29, 1.82) is 0 Å². The van der Waals surface area contributed by atoms with Gasteiger partial charge >= 0.3 is 0 Å². The zero-order valence-corrected chi connectivity index (χ0v) is 16.3. The molecule has 0 aliphatic carbocycles. The van der Waals surface area contributed by atoms with Crippen LogP contribution in [0.3, 0.4) is 0 Å². The summed E-state index contributed by atoms with van der Waals surface area (Å²) in [5, 5.41) is 1.82. The zero-order valence-electron chi connectivity index (χ0n) is 14.4. The lowest BCUT2D eigenvalue weighted by molar-refractivity contribution is 0.246. The SMILES string of the molecule is CC(C)OPc1cccc(Oc2cccc(P(O)OC(C)C)c2)c1. The predicted octanol–water partition coefficient (Wildman–Crippen LogP) is 4.48. The first-order valence-corrected chi connectivity index (χ1v) is 10.0. The largest absolute Gasteiger partial charge is 0.457 e. The van der Waals surface area contributed by atoms with Crippen LogP contribution in [0.2, 0.25) is 0 Å². The second kappa shape index (κ2) is 9.46. The summed E-state index contributed by atoms with van der Waals surface area (Å²) >= 11 is 0. The second-order valence-electron chi connectivity index (χ2n) is 5.82. The molecule has 0 radical (unpaired) electrons. The van der Waals surface area contributed by atoms with Crippen molar-refractivity contribution in [3.05, 3.63) is 48.5 Å². The van der Waals surface area contributed by atoms with Gasteiger partial charge in [0.25, 0.3) is 0 Å². The molecule has 2 atom stereocenters. The van der Waals surface area contributed by atoms with E-state index in [1.807, 2.05) is 76.2 Å². The Morgan fingerprint density at radius 1 is 0.917 bits per heavy atom. The number of hydrogen-bond donors (Lipinski definition) is 1. The molecule has 0 amide bonds. The third-order valence-electron chi connectivity index (χ3n) is 2.83. The smallest absolute Gasteiger partial charge is 0.202 e. The fourth-order valence-electron chi connectivity index (χ4n) is 1.87. The van der Waals surface area contributed by atoms with Crippen LogP contribution in [-0.2, 0) is 9.05 Å². The van der Waals surface area contributed by atoms with Crippen LogP contribution in [0.4, 0.5) is 0 Å². The van der Waals surface area contributed by atoms with Gasteiger partial charge in [-0.3, -0.25) is 0 Å². The Bertz CT molecular complexity index is 646. The number of hydrogen-bond acceptors (Lipinski definition) is 4. The van der Waals surface area contributed by atoms with Crippen molar-refractivity contribution >= 4 is 27.8 Å². The van der Waals surface area contributed by atoms with Crippen LogP contribution in [0.1, 0.15) is 27.7 Å². The second-order valence-corrected chi connectivity index (χ2v) is 8.11. The lowest BCUT2D eigenvalue weighted by atomic mass is 10.3. The molecule has 2 rings (SSSR count). The van der Waals surface area contributed by atoms with Crippen molar-refractivity contribution in [2.24, 2.45) is 0 Å². The molecule has 2 aromatic rings. The van der Waals surface area contributed by atoms with Crippen LogP contribution < -0.4 is 15.3 Å². The Kier molecular flexibility index (Phi) is 7.61. The highest BCUT2D eigenvalue weighted by Crippen LogP contribution is 2.33. The van der Waals surface area contributed by atoms with E-state index in [1.165, 1.54) is 0 Å². The molecule has 2 aromatic carbocycles. The molecule has 1 N–H and O–H groups in total. The lowest BCUT2D eigenvalue weighted by Crippen LogP contribution is -2.07. The summed E-state index contributed by atoms with van der Waals surface area (Å²) in [6.07, 6.45) is 0.179. The molecular formula is C18H24O4P2. The van der Waals surface area contributed by atoms with Gasteiger partial charge in [0.15, 0.2) is 0 Å². The maximum absolute atomic E-state index is 10.1. The van der Waals surface area contributed by atoms with Crippen molar-refractivity contribution in [3.63, 3.8) is 0 Å². The van der Waals surface area contributed by atoms with Crippen LogP contribution in [0, 0.1) is 0 Å². The van der Waals surface area contributed by atoms with Crippen LogP contribution in [-0.4, -0.2) is 17.1 Å². The highest BCUT2D eigenvalue weighted by atomic mass is 31.2. The third-order valence-corrected chi connectivity index (χ3v) is 5.31. The first-order valence-electron chi connectivity index (χ1n) is 7.89. The first-order chi connectivity index (χ1) is 11.4.